The third-order valence-electron chi connectivity index (χ3n) is 5.67. The fourth-order valence-electron chi connectivity index (χ4n) is 3.53. The second-order valence-corrected chi connectivity index (χ2v) is 14.1. The van der Waals surface area contributed by atoms with E-state index in [0.29, 0.717) is 11.5 Å². The molecule has 10 nitrogen and oxygen atoms in total. The summed E-state index contributed by atoms with van der Waals surface area (Å²) in [5.74, 6) is 1.29. The molecule has 0 aliphatic rings. The van der Waals surface area contributed by atoms with E-state index in [4.69, 9.17) is 9.47 Å². The lowest BCUT2D eigenvalue weighted by molar-refractivity contribution is 0.413. The fourth-order valence-corrected chi connectivity index (χ4v) is 6.31. The predicted octanol–water partition coefficient (Wildman–Crippen LogP) is 4.80. The Kier molecular flexibility index (Phi) is 8.10. The number of rotatable bonds is 10. The molecule has 2 N–H and O–H groups in total. The van der Waals surface area contributed by atoms with Crippen LogP contribution in [0.2, 0.25) is 0 Å². The van der Waals surface area contributed by atoms with Gasteiger partial charge >= 0.3 is 0 Å². The second-order valence-electron chi connectivity index (χ2n) is 8.75. The maximum Gasteiger partial charge on any atom is 0.261 e. The van der Waals surface area contributed by atoms with Crippen LogP contribution in [-0.2, 0) is 29.9 Å². The van der Waals surface area contributed by atoms with Crippen LogP contribution in [0.1, 0.15) is 5.56 Å². The molecule has 0 radical (unpaired) electrons. The van der Waals surface area contributed by atoms with E-state index in [1.807, 2.05) is 6.92 Å². The van der Waals surface area contributed by atoms with E-state index in [9.17, 15) is 25.3 Å². The minimum absolute atomic E-state index is 0.0234. The molecule has 0 aliphatic carbocycles. The summed E-state index contributed by atoms with van der Waals surface area (Å²) in [6.07, 6.45) is 1.01. The molecule has 0 bridgehead atoms. The van der Waals surface area contributed by atoms with E-state index in [1.165, 1.54) is 49.6 Å². The number of benzene rings is 4. The first-order chi connectivity index (χ1) is 18.8. The molecule has 0 saturated carbocycles. The number of nitrogens with one attached hydrogen (secondary N) is 2. The number of sulfone groups is 1. The minimum atomic E-state index is -4.24. The first kappa shape index (κ1) is 28.9. The van der Waals surface area contributed by atoms with E-state index in [2.05, 4.69) is 9.44 Å². The number of ether oxygens (including phenoxy) is 2. The van der Waals surface area contributed by atoms with E-state index >= 15 is 0 Å². The van der Waals surface area contributed by atoms with Crippen LogP contribution in [0.3, 0.4) is 0 Å². The van der Waals surface area contributed by atoms with Crippen molar-refractivity contribution in [2.24, 2.45) is 0 Å². The van der Waals surface area contributed by atoms with Gasteiger partial charge in [-0.3, -0.25) is 9.44 Å². The Labute approximate surface area is 233 Å². The number of methoxy groups -OCH3 is 1. The van der Waals surface area contributed by atoms with Crippen molar-refractivity contribution in [2.45, 2.75) is 21.6 Å². The van der Waals surface area contributed by atoms with Crippen LogP contribution in [-0.4, -0.2) is 38.6 Å². The van der Waals surface area contributed by atoms with Gasteiger partial charge < -0.3 is 9.47 Å². The molecular formula is C27H26N2O8S3. The zero-order valence-electron chi connectivity index (χ0n) is 21.7. The highest BCUT2D eigenvalue weighted by Crippen LogP contribution is 2.34. The quantitative estimate of drug-likeness (QED) is 0.263. The molecule has 0 unspecified atom stereocenters. The Morgan fingerprint density at radius 1 is 0.550 bits per heavy atom. The van der Waals surface area contributed by atoms with Gasteiger partial charge in [0.15, 0.2) is 9.84 Å². The van der Waals surface area contributed by atoms with Gasteiger partial charge in [0.25, 0.3) is 20.0 Å². The van der Waals surface area contributed by atoms with Crippen LogP contribution in [0.5, 0.6) is 17.2 Å². The SMILES string of the molecule is COc1ccc(Oc2ccc(NS(=O)(=O)c3ccc(S(C)(=O)=O)cc3)c(NS(=O)(=O)c3ccc(C)cc3)c2)cc1. The van der Waals surface area contributed by atoms with Crippen LogP contribution >= 0.6 is 0 Å². The van der Waals surface area contributed by atoms with Gasteiger partial charge in [-0.1, -0.05) is 17.7 Å². The van der Waals surface area contributed by atoms with Gasteiger partial charge in [-0.05, 0) is 79.7 Å². The maximum absolute atomic E-state index is 13.2. The van der Waals surface area contributed by atoms with Crippen LogP contribution < -0.4 is 18.9 Å². The first-order valence-corrected chi connectivity index (χ1v) is 16.5. The molecule has 210 valence electrons. The summed E-state index contributed by atoms with van der Waals surface area (Å²) >= 11 is 0. The second kappa shape index (κ2) is 11.2. The summed E-state index contributed by atoms with van der Waals surface area (Å²) in [4.78, 5) is -0.284. The molecule has 4 aromatic carbocycles. The minimum Gasteiger partial charge on any atom is -0.497 e. The van der Waals surface area contributed by atoms with Crippen LogP contribution in [0.4, 0.5) is 11.4 Å². The molecule has 0 atom stereocenters. The van der Waals surface area contributed by atoms with Gasteiger partial charge in [-0.15, -0.1) is 0 Å². The molecule has 0 aliphatic heterocycles. The molecule has 0 spiro atoms. The lowest BCUT2D eigenvalue weighted by Crippen LogP contribution is -2.18. The normalized spacial score (nSPS) is 12.0. The number of aryl methyl sites for hydroxylation is 1. The fraction of sp³-hybridized carbons (Fsp3) is 0.111. The van der Waals surface area contributed by atoms with E-state index in [0.717, 1.165) is 24.0 Å². The molecule has 0 aromatic heterocycles. The van der Waals surface area contributed by atoms with Crippen molar-refractivity contribution in [3.8, 4) is 17.2 Å². The Morgan fingerprint density at radius 3 is 1.52 bits per heavy atom. The van der Waals surface area contributed by atoms with Gasteiger partial charge in [0, 0.05) is 12.3 Å². The van der Waals surface area contributed by atoms with Crippen molar-refractivity contribution in [1.29, 1.82) is 0 Å². The van der Waals surface area contributed by atoms with E-state index in [1.54, 1.807) is 36.4 Å². The van der Waals surface area contributed by atoms with Crippen molar-refractivity contribution in [3.05, 3.63) is 96.6 Å². The number of anilines is 2. The lowest BCUT2D eigenvalue weighted by Gasteiger charge is -2.17. The average Bonchev–Trinajstić information content (AvgIpc) is 2.90. The Balaban J connectivity index is 1.71. The number of hydrogen-bond acceptors (Lipinski definition) is 8. The number of hydrogen-bond donors (Lipinski definition) is 2. The Morgan fingerprint density at radius 2 is 1.00 bits per heavy atom. The van der Waals surface area contributed by atoms with Gasteiger partial charge in [0.05, 0.1) is 33.2 Å². The summed E-state index contributed by atoms with van der Waals surface area (Å²) in [6, 6.07) is 21.7. The summed E-state index contributed by atoms with van der Waals surface area (Å²) in [6.45, 7) is 1.82. The molecule has 0 fully saturated rings. The first-order valence-electron chi connectivity index (χ1n) is 11.7. The van der Waals surface area contributed by atoms with Crippen molar-refractivity contribution in [1.82, 2.24) is 0 Å². The van der Waals surface area contributed by atoms with Gasteiger partial charge in [-0.2, -0.15) is 0 Å². The van der Waals surface area contributed by atoms with Crippen molar-refractivity contribution in [3.63, 3.8) is 0 Å². The molecular weight excluding hydrogens is 577 g/mol. The molecule has 40 heavy (non-hydrogen) atoms. The van der Waals surface area contributed by atoms with Crippen molar-refractivity contribution < 1.29 is 34.7 Å². The molecule has 0 amide bonds. The lowest BCUT2D eigenvalue weighted by atomic mass is 10.2. The van der Waals surface area contributed by atoms with Gasteiger partial charge in [-0.25, -0.2) is 25.3 Å². The van der Waals surface area contributed by atoms with E-state index in [-0.39, 0.29) is 31.8 Å². The highest BCUT2D eigenvalue weighted by Gasteiger charge is 2.21. The molecule has 13 heteroatoms. The number of sulfonamides is 2. The molecule has 4 rings (SSSR count). The maximum atomic E-state index is 13.2. The summed E-state index contributed by atoms with van der Waals surface area (Å²) < 4.78 is 91.9. The zero-order valence-corrected chi connectivity index (χ0v) is 24.1. The van der Waals surface area contributed by atoms with Crippen LogP contribution in [0, 0.1) is 6.92 Å². The zero-order chi connectivity index (χ0) is 29.1. The highest BCUT2D eigenvalue weighted by molar-refractivity contribution is 7.93. The van der Waals surface area contributed by atoms with Gasteiger partial charge in [0.1, 0.15) is 17.2 Å². The summed E-state index contributed by atoms with van der Waals surface area (Å²) in [5, 5.41) is 0. The summed E-state index contributed by atoms with van der Waals surface area (Å²) in [5.41, 5.74) is 0.692. The topological polar surface area (TPSA) is 145 Å². The smallest absolute Gasteiger partial charge is 0.261 e. The standard InChI is InChI=1S/C27H26N2O8S3/c1-19-4-11-24(12-5-19)40(34,35)29-27-18-22(37-21-8-6-20(36-2)7-9-21)10-17-26(27)28-39(32,33)25-15-13-23(14-16-25)38(3,30)31/h4-18,28-29H,1-3H3. The Hall–Kier alpha value is -4.07. The van der Waals surface area contributed by atoms with Crippen LogP contribution in [0.25, 0.3) is 0 Å². The molecule has 0 heterocycles. The van der Waals surface area contributed by atoms with Crippen molar-refractivity contribution in [2.75, 3.05) is 22.8 Å². The van der Waals surface area contributed by atoms with Crippen LogP contribution in [0.15, 0.2) is 106 Å². The van der Waals surface area contributed by atoms with Gasteiger partial charge in [0.2, 0.25) is 0 Å². The largest absolute Gasteiger partial charge is 0.497 e. The van der Waals surface area contributed by atoms with E-state index < -0.39 is 29.9 Å². The third kappa shape index (κ3) is 6.92. The third-order valence-corrected chi connectivity index (χ3v) is 9.56. The molecule has 0 saturated heterocycles. The molecule has 4 aromatic rings. The highest BCUT2D eigenvalue weighted by atomic mass is 32.2. The monoisotopic (exact) mass is 602 g/mol. The Bertz CT molecular complexity index is 1840. The average molecular weight is 603 g/mol. The van der Waals surface area contributed by atoms with Crippen molar-refractivity contribution >= 4 is 41.3 Å². The predicted molar refractivity (Wildman–Crippen MR) is 152 cm³/mol. The summed E-state index contributed by atoms with van der Waals surface area (Å²) in [7, 11) is -10.4.